The predicted molar refractivity (Wildman–Crippen MR) is 135 cm³/mol. The summed E-state index contributed by atoms with van der Waals surface area (Å²) in [6.07, 6.45) is 1.34. The molecule has 0 radical (unpaired) electrons. The lowest BCUT2D eigenvalue weighted by Gasteiger charge is -2.11. The number of ether oxygens (including phenoxy) is 1. The van der Waals surface area contributed by atoms with Crippen molar-refractivity contribution in [1.82, 2.24) is 10.6 Å². The third kappa shape index (κ3) is 11.4. The van der Waals surface area contributed by atoms with Crippen LogP contribution in [0.4, 0.5) is 0 Å². The number of nitrogens with one attached hydrogen (secondary N) is 2. The Morgan fingerprint density at radius 2 is 1.63 bits per heavy atom. The molecule has 0 aromatic heterocycles. The summed E-state index contributed by atoms with van der Waals surface area (Å²) in [5, 5.41) is 6.38. The molecule has 0 aliphatic carbocycles. The monoisotopic (exact) mass is 545 g/mol. The molecule has 0 spiro atoms. The minimum Gasteiger partial charge on any atom is -0.494 e. The highest BCUT2D eigenvalue weighted by molar-refractivity contribution is 14.0. The van der Waals surface area contributed by atoms with Gasteiger partial charge in [-0.15, -0.1) is 24.0 Å². The predicted octanol–water partition coefficient (Wildman–Crippen LogP) is 3.63. The van der Waals surface area contributed by atoms with Crippen molar-refractivity contribution in [2.45, 2.75) is 25.5 Å². The van der Waals surface area contributed by atoms with Crippen LogP contribution in [0.2, 0.25) is 0 Å². The lowest BCUT2D eigenvalue weighted by atomic mass is 10.2. The molecule has 2 rings (SSSR count). The molecule has 2 aromatic carbocycles. The van der Waals surface area contributed by atoms with Crippen LogP contribution < -0.4 is 15.4 Å². The smallest absolute Gasteiger partial charge is 0.191 e. The molecule has 30 heavy (non-hydrogen) atoms. The van der Waals surface area contributed by atoms with Gasteiger partial charge in [-0.1, -0.05) is 48.5 Å². The van der Waals surface area contributed by atoms with Crippen LogP contribution in [0.25, 0.3) is 0 Å². The Labute approximate surface area is 197 Å². The fraction of sp³-hybridized carbons (Fsp3) is 0.409. The molecule has 0 bridgehead atoms. The summed E-state index contributed by atoms with van der Waals surface area (Å²) in [5.74, 6) is 1.80. The van der Waals surface area contributed by atoms with Crippen molar-refractivity contribution in [2.75, 3.05) is 32.0 Å². The van der Waals surface area contributed by atoms with Crippen LogP contribution in [0, 0.1) is 0 Å². The number of rotatable bonds is 12. The zero-order valence-electron chi connectivity index (χ0n) is 17.4. The van der Waals surface area contributed by atoms with E-state index in [1.165, 1.54) is 0 Å². The van der Waals surface area contributed by atoms with Crippen molar-refractivity contribution < 1.29 is 13.2 Å². The third-order valence-electron chi connectivity index (χ3n) is 4.08. The summed E-state index contributed by atoms with van der Waals surface area (Å²) in [6.45, 7) is 4.54. The first-order chi connectivity index (χ1) is 14.1. The summed E-state index contributed by atoms with van der Waals surface area (Å²) in [7, 11) is -3.11. The minimum absolute atomic E-state index is 0. The Kier molecular flexibility index (Phi) is 13.2. The van der Waals surface area contributed by atoms with E-state index in [1.807, 2.05) is 67.6 Å². The number of benzene rings is 2. The molecular formula is C22H32IN3O3S. The van der Waals surface area contributed by atoms with Gasteiger partial charge in [-0.2, -0.15) is 0 Å². The van der Waals surface area contributed by atoms with Crippen LogP contribution in [0.3, 0.4) is 0 Å². The zero-order chi connectivity index (χ0) is 20.8. The molecule has 0 saturated heterocycles. The number of hydrogen-bond donors (Lipinski definition) is 2. The van der Waals surface area contributed by atoms with E-state index in [-0.39, 0.29) is 35.5 Å². The van der Waals surface area contributed by atoms with Crippen molar-refractivity contribution in [3.8, 4) is 5.75 Å². The van der Waals surface area contributed by atoms with E-state index < -0.39 is 9.84 Å². The minimum atomic E-state index is -3.11. The van der Waals surface area contributed by atoms with E-state index in [9.17, 15) is 8.42 Å². The van der Waals surface area contributed by atoms with E-state index in [4.69, 9.17) is 4.74 Å². The average Bonchev–Trinajstić information content (AvgIpc) is 2.72. The van der Waals surface area contributed by atoms with Gasteiger partial charge in [0, 0.05) is 26.1 Å². The van der Waals surface area contributed by atoms with Crippen molar-refractivity contribution >= 4 is 39.8 Å². The second-order valence-electron chi connectivity index (χ2n) is 6.63. The Balaban J connectivity index is 0.00000450. The normalized spacial score (nSPS) is 11.4. The van der Waals surface area contributed by atoms with Crippen LogP contribution in [-0.4, -0.2) is 46.4 Å². The van der Waals surface area contributed by atoms with Gasteiger partial charge in [0.15, 0.2) is 15.8 Å². The summed E-state index contributed by atoms with van der Waals surface area (Å²) >= 11 is 0. The van der Waals surface area contributed by atoms with Crippen LogP contribution in [0.1, 0.15) is 25.3 Å². The highest BCUT2D eigenvalue weighted by atomic mass is 127. The van der Waals surface area contributed by atoms with Crippen LogP contribution in [0.15, 0.2) is 65.7 Å². The maximum atomic E-state index is 12.2. The quantitative estimate of drug-likeness (QED) is 0.184. The first kappa shape index (κ1) is 26.2. The van der Waals surface area contributed by atoms with Gasteiger partial charge in [0.1, 0.15) is 5.75 Å². The number of nitrogens with zero attached hydrogens (tertiary/aromatic N) is 1. The van der Waals surface area contributed by atoms with Gasteiger partial charge in [-0.25, -0.2) is 8.42 Å². The van der Waals surface area contributed by atoms with Gasteiger partial charge in [0.25, 0.3) is 0 Å². The Morgan fingerprint density at radius 3 is 2.30 bits per heavy atom. The van der Waals surface area contributed by atoms with Crippen molar-refractivity contribution in [2.24, 2.45) is 4.99 Å². The standard InChI is InChI=1S/C22H31N3O3S.HI/c1-2-23-22(24-15-9-17-28-21-13-7-4-8-14-21)25-16-10-18-29(26,27)19-20-11-5-3-6-12-20;/h3-8,11-14H,2,9-10,15-19H2,1H3,(H2,23,24,25);1H. The van der Waals surface area contributed by atoms with Crippen molar-refractivity contribution in [3.63, 3.8) is 0 Å². The SMILES string of the molecule is CCNC(=NCCCOc1ccccc1)NCCCS(=O)(=O)Cc1ccccc1.I. The van der Waals surface area contributed by atoms with Gasteiger partial charge in [-0.3, -0.25) is 4.99 Å². The van der Waals surface area contributed by atoms with Gasteiger partial charge < -0.3 is 15.4 Å². The fourth-order valence-corrected chi connectivity index (χ4v) is 4.13. The number of guanidine groups is 1. The summed E-state index contributed by atoms with van der Waals surface area (Å²) in [5.41, 5.74) is 0.827. The largest absolute Gasteiger partial charge is 0.494 e. The molecule has 0 aliphatic heterocycles. The number of para-hydroxylation sites is 1. The van der Waals surface area contributed by atoms with Crippen molar-refractivity contribution in [1.29, 1.82) is 0 Å². The molecule has 0 atom stereocenters. The summed E-state index contributed by atoms with van der Waals surface area (Å²) < 4.78 is 30.1. The summed E-state index contributed by atoms with van der Waals surface area (Å²) in [4.78, 5) is 4.51. The van der Waals surface area contributed by atoms with Gasteiger partial charge in [-0.05, 0) is 31.0 Å². The molecule has 2 N–H and O–H groups in total. The van der Waals surface area contributed by atoms with E-state index in [1.54, 1.807) is 0 Å². The van der Waals surface area contributed by atoms with Gasteiger partial charge in [0.05, 0.1) is 18.1 Å². The van der Waals surface area contributed by atoms with E-state index >= 15 is 0 Å². The second kappa shape index (κ2) is 15.1. The molecule has 0 heterocycles. The first-order valence-electron chi connectivity index (χ1n) is 10.0. The highest BCUT2D eigenvalue weighted by Crippen LogP contribution is 2.08. The van der Waals surface area contributed by atoms with E-state index in [0.717, 1.165) is 24.3 Å². The zero-order valence-corrected chi connectivity index (χ0v) is 20.6. The Hall–Kier alpha value is -1.81. The maximum Gasteiger partial charge on any atom is 0.191 e. The lowest BCUT2D eigenvalue weighted by molar-refractivity contribution is 0.313. The molecule has 2 aromatic rings. The Bertz CT molecular complexity index is 831. The lowest BCUT2D eigenvalue weighted by Crippen LogP contribution is -2.38. The highest BCUT2D eigenvalue weighted by Gasteiger charge is 2.11. The molecule has 166 valence electrons. The second-order valence-corrected chi connectivity index (χ2v) is 8.82. The fourth-order valence-electron chi connectivity index (χ4n) is 2.70. The number of halogens is 1. The van der Waals surface area contributed by atoms with Crippen LogP contribution in [0.5, 0.6) is 5.75 Å². The molecule has 0 aliphatic rings. The van der Waals surface area contributed by atoms with E-state index in [0.29, 0.717) is 32.1 Å². The van der Waals surface area contributed by atoms with Crippen molar-refractivity contribution in [3.05, 3.63) is 66.2 Å². The molecule has 0 saturated carbocycles. The van der Waals surface area contributed by atoms with E-state index in [2.05, 4.69) is 15.6 Å². The van der Waals surface area contributed by atoms with Gasteiger partial charge >= 0.3 is 0 Å². The number of hydrogen-bond acceptors (Lipinski definition) is 4. The van der Waals surface area contributed by atoms with Gasteiger partial charge in [0.2, 0.25) is 0 Å². The molecule has 0 unspecified atom stereocenters. The summed E-state index contributed by atoms with van der Waals surface area (Å²) in [6, 6.07) is 19.0. The third-order valence-corrected chi connectivity index (χ3v) is 5.77. The molecule has 8 heteroatoms. The molecule has 6 nitrogen and oxygen atoms in total. The van der Waals surface area contributed by atoms with Crippen LogP contribution in [-0.2, 0) is 15.6 Å². The van der Waals surface area contributed by atoms with Crippen LogP contribution >= 0.6 is 24.0 Å². The maximum absolute atomic E-state index is 12.2. The molecular weight excluding hydrogens is 513 g/mol. The first-order valence-corrected chi connectivity index (χ1v) is 11.9. The Morgan fingerprint density at radius 1 is 0.967 bits per heavy atom. The molecule has 0 fully saturated rings. The molecule has 0 amide bonds. The topological polar surface area (TPSA) is 79.8 Å². The average molecular weight is 545 g/mol. The number of sulfone groups is 1. The number of aliphatic imine (C=N–C) groups is 1.